The van der Waals surface area contributed by atoms with Gasteiger partial charge in [-0.3, -0.25) is 0 Å². The first kappa shape index (κ1) is 11.5. The molecular weight excluding hydrogens is 222 g/mol. The summed E-state index contributed by atoms with van der Waals surface area (Å²) in [4.78, 5) is 4.51. The number of hydrogen-bond donors (Lipinski definition) is 1. The molecule has 3 nitrogen and oxygen atoms in total. The van der Waals surface area contributed by atoms with Crippen LogP contribution in [0.1, 0.15) is 31.7 Å². The normalized spacial score (nSPS) is 24.1. The van der Waals surface area contributed by atoms with Crippen LogP contribution in [0.15, 0.2) is 42.9 Å². The van der Waals surface area contributed by atoms with Crippen LogP contribution >= 0.6 is 0 Å². The van der Waals surface area contributed by atoms with Crippen LogP contribution in [0.25, 0.3) is 11.3 Å². The minimum Gasteiger partial charge on any atom is -0.334 e. The summed E-state index contributed by atoms with van der Waals surface area (Å²) in [6.07, 6.45) is 8.73. The highest BCUT2D eigenvalue weighted by Crippen LogP contribution is 2.28. The van der Waals surface area contributed by atoms with Crippen LogP contribution in [0, 0.1) is 0 Å². The summed E-state index contributed by atoms with van der Waals surface area (Å²) >= 11 is 0. The third-order valence-corrected chi connectivity index (χ3v) is 3.83. The van der Waals surface area contributed by atoms with Crippen LogP contribution in [0.3, 0.4) is 0 Å². The van der Waals surface area contributed by atoms with E-state index in [1.165, 1.54) is 18.4 Å². The van der Waals surface area contributed by atoms with Gasteiger partial charge in [0.25, 0.3) is 0 Å². The Morgan fingerprint density at radius 3 is 2.50 bits per heavy atom. The number of aromatic nitrogens is 2. The van der Waals surface area contributed by atoms with Gasteiger partial charge in [0.1, 0.15) is 0 Å². The van der Waals surface area contributed by atoms with Crippen molar-refractivity contribution in [2.45, 2.75) is 37.8 Å². The summed E-state index contributed by atoms with van der Waals surface area (Å²) < 4.78 is 2.26. The van der Waals surface area contributed by atoms with Crippen molar-refractivity contribution in [2.24, 2.45) is 5.73 Å². The molecule has 1 heterocycles. The van der Waals surface area contributed by atoms with Crippen molar-refractivity contribution < 1.29 is 0 Å². The Hall–Kier alpha value is -1.61. The summed E-state index contributed by atoms with van der Waals surface area (Å²) in [6.45, 7) is 0. The van der Waals surface area contributed by atoms with E-state index in [0.29, 0.717) is 12.1 Å². The number of hydrogen-bond acceptors (Lipinski definition) is 2. The first-order valence-corrected chi connectivity index (χ1v) is 6.67. The standard InChI is InChI=1S/C15H19N3/c16-13-6-8-14(9-7-13)18-10-15(17-11-18)12-4-2-1-3-5-12/h1-5,10-11,13-14H,6-9,16H2. The fourth-order valence-corrected chi connectivity index (χ4v) is 2.69. The topological polar surface area (TPSA) is 43.8 Å². The van der Waals surface area contributed by atoms with Gasteiger partial charge in [-0.15, -0.1) is 0 Å². The van der Waals surface area contributed by atoms with E-state index in [-0.39, 0.29) is 0 Å². The number of benzene rings is 1. The number of nitrogens with zero attached hydrogens (tertiary/aromatic N) is 2. The number of imidazole rings is 1. The fourth-order valence-electron chi connectivity index (χ4n) is 2.69. The molecule has 3 rings (SSSR count). The van der Waals surface area contributed by atoms with Gasteiger partial charge >= 0.3 is 0 Å². The zero-order chi connectivity index (χ0) is 12.4. The highest BCUT2D eigenvalue weighted by molar-refractivity contribution is 5.57. The average Bonchev–Trinajstić information content (AvgIpc) is 2.90. The minimum absolute atomic E-state index is 0.401. The van der Waals surface area contributed by atoms with Crippen molar-refractivity contribution in [3.05, 3.63) is 42.9 Å². The Labute approximate surface area is 108 Å². The Morgan fingerprint density at radius 1 is 1.06 bits per heavy atom. The van der Waals surface area contributed by atoms with Gasteiger partial charge in [0.2, 0.25) is 0 Å². The minimum atomic E-state index is 0.401. The average molecular weight is 241 g/mol. The molecule has 18 heavy (non-hydrogen) atoms. The monoisotopic (exact) mass is 241 g/mol. The van der Waals surface area contributed by atoms with Crippen LogP contribution < -0.4 is 5.73 Å². The van der Waals surface area contributed by atoms with Crippen molar-refractivity contribution in [2.75, 3.05) is 0 Å². The zero-order valence-electron chi connectivity index (χ0n) is 10.5. The molecule has 0 atom stereocenters. The molecule has 0 spiro atoms. The maximum Gasteiger partial charge on any atom is 0.0956 e. The van der Waals surface area contributed by atoms with Crippen LogP contribution in [-0.4, -0.2) is 15.6 Å². The van der Waals surface area contributed by atoms with Gasteiger partial charge in [-0.2, -0.15) is 0 Å². The number of rotatable bonds is 2. The molecule has 2 N–H and O–H groups in total. The van der Waals surface area contributed by atoms with Crippen LogP contribution in [0.2, 0.25) is 0 Å². The van der Waals surface area contributed by atoms with Crippen LogP contribution in [0.4, 0.5) is 0 Å². The molecule has 0 saturated heterocycles. The van der Waals surface area contributed by atoms with Crippen molar-refractivity contribution in [1.29, 1.82) is 0 Å². The Bertz CT molecular complexity index is 495. The highest BCUT2D eigenvalue weighted by atomic mass is 15.1. The molecule has 0 unspecified atom stereocenters. The van der Waals surface area contributed by atoms with E-state index in [1.54, 1.807) is 0 Å². The fraction of sp³-hybridized carbons (Fsp3) is 0.400. The van der Waals surface area contributed by atoms with Crippen molar-refractivity contribution in [1.82, 2.24) is 9.55 Å². The molecular formula is C15H19N3. The smallest absolute Gasteiger partial charge is 0.0956 e. The predicted molar refractivity (Wildman–Crippen MR) is 73.1 cm³/mol. The van der Waals surface area contributed by atoms with E-state index in [0.717, 1.165) is 18.5 Å². The molecule has 1 aliphatic rings. The van der Waals surface area contributed by atoms with E-state index >= 15 is 0 Å². The summed E-state index contributed by atoms with van der Waals surface area (Å²) in [5.41, 5.74) is 8.19. The molecule has 1 aromatic carbocycles. The van der Waals surface area contributed by atoms with Gasteiger partial charge in [-0.25, -0.2) is 4.98 Å². The molecule has 0 radical (unpaired) electrons. The highest BCUT2D eigenvalue weighted by Gasteiger charge is 2.19. The molecule has 0 amide bonds. The van der Waals surface area contributed by atoms with E-state index in [2.05, 4.69) is 27.9 Å². The molecule has 1 aromatic heterocycles. The molecule has 0 bridgehead atoms. The predicted octanol–water partition coefficient (Wildman–Crippen LogP) is 2.99. The van der Waals surface area contributed by atoms with Gasteiger partial charge in [0, 0.05) is 23.8 Å². The Morgan fingerprint density at radius 2 is 1.78 bits per heavy atom. The molecule has 94 valence electrons. The second-order valence-corrected chi connectivity index (χ2v) is 5.14. The summed E-state index contributed by atoms with van der Waals surface area (Å²) in [7, 11) is 0. The van der Waals surface area contributed by atoms with E-state index < -0.39 is 0 Å². The lowest BCUT2D eigenvalue weighted by molar-refractivity contribution is 0.323. The lowest BCUT2D eigenvalue weighted by Crippen LogP contribution is -2.27. The largest absolute Gasteiger partial charge is 0.334 e. The van der Waals surface area contributed by atoms with Gasteiger partial charge < -0.3 is 10.3 Å². The van der Waals surface area contributed by atoms with Gasteiger partial charge in [0.15, 0.2) is 0 Å². The molecule has 0 aliphatic heterocycles. The van der Waals surface area contributed by atoms with Gasteiger partial charge in [-0.1, -0.05) is 30.3 Å². The maximum absolute atomic E-state index is 5.95. The second-order valence-electron chi connectivity index (χ2n) is 5.14. The van der Waals surface area contributed by atoms with Crippen molar-refractivity contribution in [3.8, 4) is 11.3 Å². The summed E-state index contributed by atoms with van der Waals surface area (Å²) in [5, 5.41) is 0. The summed E-state index contributed by atoms with van der Waals surface area (Å²) in [6, 6.07) is 11.3. The summed E-state index contributed by atoms with van der Waals surface area (Å²) in [5.74, 6) is 0. The lowest BCUT2D eigenvalue weighted by Gasteiger charge is -2.26. The van der Waals surface area contributed by atoms with Gasteiger partial charge in [-0.05, 0) is 25.7 Å². The lowest BCUT2D eigenvalue weighted by atomic mass is 9.92. The molecule has 1 aliphatic carbocycles. The Balaban J connectivity index is 1.78. The first-order valence-electron chi connectivity index (χ1n) is 6.67. The first-order chi connectivity index (χ1) is 8.83. The molecule has 2 aromatic rings. The van der Waals surface area contributed by atoms with Crippen molar-refractivity contribution in [3.63, 3.8) is 0 Å². The molecule has 1 fully saturated rings. The van der Waals surface area contributed by atoms with Crippen LogP contribution in [-0.2, 0) is 0 Å². The van der Waals surface area contributed by atoms with Gasteiger partial charge in [0.05, 0.1) is 12.0 Å². The van der Waals surface area contributed by atoms with E-state index in [1.807, 2.05) is 24.5 Å². The zero-order valence-corrected chi connectivity index (χ0v) is 10.5. The number of nitrogens with two attached hydrogens (primary N) is 1. The van der Waals surface area contributed by atoms with E-state index in [9.17, 15) is 0 Å². The van der Waals surface area contributed by atoms with Crippen LogP contribution in [0.5, 0.6) is 0 Å². The third kappa shape index (κ3) is 2.31. The third-order valence-electron chi connectivity index (χ3n) is 3.83. The SMILES string of the molecule is NC1CCC(n2cnc(-c3ccccc3)c2)CC1. The quantitative estimate of drug-likeness (QED) is 0.878. The molecule has 1 saturated carbocycles. The van der Waals surface area contributed by atoms with E-state index in [4.69, 9.17) is 5.73 Å². The maximum atomic E-state index is 5.95. The Kier molecular flexibility index (Phi) is 3.15. The molecule has 3 heteroatoms. The van der Waals surface area contributed by atoms with Crippen molar-refractivity contribution >= 4 is 0 Å². The second kappa shape index (κ2) is 4.94.